The van der Waals surface area contributed by atoms with Crippen molar-refractivity contribution in [1.82, 2.24) is 5.32 Å². The van der Waals surface area contributed by atoms with E-state index in [1.807, 2.05) is 13.8 Å². The van der Waals surface area contributed by atoms with Gasteiger partial charge in [-0.2, -0.15) is 0 Å². The van der Waals surface area contributed by atoms with E-state index in [2.05, 4.69) is 5.32 Å². The third-order valence-electron chi connectivity index (χ3n) is 2.92. The second kappa shape index (κ2) is 6.87. The molecular weight excluding hydrogens is 237 g/mol. The van der Waals surface area contributed by atoms with Crippen LogP contribution in [0.3, 0.4) is 0 Å². The van der Waals surface area contributed by atoms with Crippen LogP contribution in [0.4, 0.5) is 4.39 Å². The van der Waals surface area contributed by atoms with Gasteiger partial charge in [0.25, 0.3) is 0 Å². The lowest BCUT2D eigenvalue weighted by Gasteiger charge is -2.10. The fraction of sp³-hybridized carbons (Fsp3) is 0.538. The molecule has 2 unspecified atom stereocenters. The van der Waals surface area contributed by atoms with E-state index in [1.54, 1.807) is 18.4 Å². The zero-order valence-corrected chi connectivity index (χ0v) is 11.4. The van der Waals surface area contributed by atoms with Crippen LogP contribution < -0.4 is 5.32 Å². The zero-order valence-electron chi connectivity index (χ0n) is 10.6. The molecule has 17 heavy (non-hydrogen) atoms. The van der Waals surface area contributed by atoms with E-state index in [9.17, 15) is 8.60 Å². The van der Waals surface area contributed by atoms with Gasteiger partial charge in [-0.05, 0) is 43.1 Å². The standard InChI is InChI=1S/C13H20FNOS/c1-10-4-5-13(14)8-12(10)9-15-7-6-11(2)17(3)16/h4-5,8,11,15H,6-7,9H2,1-3H3. The maximum atomic E-state index is 13.0. The molecule has 0 saturated heterocycles. The van der Waals surface area contributed by atoms with Gasteiger partial charge in [-0.25, -0.2) is 4.39 Å². The van der Waals surface area contributed by atoms with Gasteiger partial charge in [-0.15, -0.1) is 0 Å². The molecule has 1 N–H and O–H groups in total. The van der Waals surface area contributed by atoms with Crippen molar-refractivity contribution in [2.75, 3.05) is 12.8 Å². The van der Waals surface area contributed by atoms with Crippen LogP contribution in [0.2, 0.25) is 0 Å². The average Bonchev–Trinajstić information content (AvgIpc) is 2.28. The van der Waals surface area contributed by atoms with E-state index < -0.39 is 10.8 Å². The maximum Gasteiger partial charge on any atom is 0.123 e. The molecule has 0 bridgehead atoms. The van der Waals surface area contributed by atoms with Crippen LogP contribution in [0.15, 0.2) is 18.2 Å². The van der Waals surface area contributed by atoms with Gasteiger partial charge in [0.1, 0.15) is 5.82 Å². The molecule has 2 atom stereocenters. The van der Waals surface area contributed by atoms with E-state index >= 15 is 0 Å². The summed E-state index contributed by atoms with van der Waals surface area (Å²) in [4.78, 5) is 0. The molecule has 0 aromatic heterocycles. The van der Waals surface area contributed by atoms with Gasteiger partial charge in [0.05, 0.1) is 0 Å². The van der Waals surface area contributed by atoms with Gasteiger partial charge in [-0.3, -0.25) is 4.21 Å². The number of halogens is 1. The van der Waals surface area contributed by atoms with Crippen molar-refractivity contribution in [3.8, 4) is 0 Å². The summed E-state index contributed by atoms with van der Waals surface area (Å²) in [6.45, 7) is 5.41. The molecule has 1 rings (SSSR count). The SMILES string of the molecule is Cc1ccc(F)cc1CNCCC(C)S(C)=O. The quantitative estimate of drug-likeness (QED) is 0.793. The summed E-state index contributed by atoms with van der Waals surface area (Å²) in [5.74, 6) is -0.199. The summed E-state index contributed by atoms with van der Waals surface area (Å²) in [5, 5.41) is 3.46. The molecule has 2 nitrogen and oxygen atoms in total. The summed E-state index contributed by atoms with van der Waals surface area (Å²) in [5.41, 5.74) is 2.07. The van der Waals surface area contributed by atoms with Crippen molar-refractivity contribution in [2.24, 2.45) is 0 Å². The molecule has 4 heteroatoms. The summed E-state index contributed by atoms with van der Waals surface area (Å²) in [7, 11) is -0.766. The molecule has 0 radical (unpaired) electrons. The zero-order chi connectivity index (χ0) is 12.8. The number of hydrogen-bond donors (Lipinski definition) is 1. The van der Waals surface area contributed by atoms with E-state index in [1.165, 1.54) is 6.07 Å². The van der Waals surface area contributed by atoms with Gasteiger partial charge in [0, 0.05) is 28.9 Å². The van der Waals surface area contributed by atoms with Gasteiger partial charge in [-0.1, -0.05) is 13.0 Å². The first-order valence-corrected chi connectivity index (χ1v) is 7.41. The maximum absolute atomic E-state index is 13.0. The molecule has 0 aliphatic rings. The Morgan fingerprint density at radius 2 is 2.18 bits per heavy atom. The normalized spacial score (nSPS) is 14.6. The van der Waals surface area contributed by atoms with Gasteiger partial charge in [0.15, 0.2) is 0 Å². The van der Waals surface area contributed by atoms with E-state index in [0.29, 0.717) is 6.54 Å². The number of benzene rings is 1. The average molecular weight is 257 g/mol. The predicted octanol–water partition coefficient (Wildman–Crippen LogP) is 2.38. The fourth-order valence-electron chi connectivity index (χ4n) is 1.52. The third kappa shape index (κ3) is 4.96. The van der Waals surface area contributed by atoms with Crippen LogP contribution >= 0.6 is 0 Å². The van der Waals surface area contributed by atoms with E-state index in [4.69, 9.17) is 0 Å². The van der Waals surface area contributed by atoms with Crippen molar-refractivity contribution >= 4 is 10.8 Å². The van der Waals surface area contributed by atoms with Crippen LogP contribution in [0.25, 0.3) is 0 Å². The summed E-state index contributed by atoms with van der Waals surface area (Å²) in [6, 6.07) is 4.82. The molecule has 1 aromatic rings. The Labute approximate surface area is 105 Å². The Morgan fingerprint density at radius 3 is 2.82 bits per heavy atom. The Kier molecular flexibility index (Phi) is 5.78. The van der Waals surface area contributed by atoms with Crippen LogP contribution in [0.1, 0.15) is 24.5 Å². The molecule has 0 amide bonds. The van der Waals surface area contributed by atoms with E-state index in [0.717, 1.165) is 24.1 Å². The van der Waals surface area contributed by atoms with Crippen LogP contribution in [0, 0.1) is 12.7 Å². The fourth-order valence-corrected chi connectivity index (χ4v) is 1.97. The minimum atomic E-state index is -0.766. The lowest BCUT2D eigenvalue weighted by atomic mass is 10.1. The van der Waals surface area contributed by atoms with Crippen LogP contribution in [-0.2, 0) is 17.3 Å². The predicted molar refractivity (Wildman–Crippen MR) is 71.0 cm³/mol. The summed E-state index contributed by atoms with van der Waals surface area (Å²) in [6.07, 6.45) is 2.60. The van der Waals surface area contributed by atoms with Crippen molar-refractivity contribution in [1.29, 1.82) is 0 Å². The summed E-state index contributed by atoms with van der Waals surface area (Å²) >= 11 is 0. The molecule has 0 aliphatic heterocycles. The second-order valence-electron chi connectivity index (χ2n) is 4.35. The molecule has 0 heterocycles. The molecule has 0 saturated carbocycles. The van der Waals surface area contributed by atoms with Crippen LogP contribution in [-0.4, -0.2) is 22.3 Å². The molecule has 1 aromatic carbocycles. The van der Waals surface area contributed by atoms with Gasteiger partial charge in [0.2, 0.25) is 0 Å². The van der Waals surface area contributed by atoms with Gasteiger partial charge < -0.3 is 5.32 Å². The largest absolute Gasteiger partial charge is 0.313 e. The first kappa shape index (κ1) is 14.3. The second-order valence-corrected chi connectivity index (χ2v) is 6.15. The number of hydrogen-bond acceptors (Lipinski definition) is 2. The third-order valence-corrected chi connectivity index (χ3v) is 4.29. The smallest absolute Gasteiger partial charge is 0.123 e. The number of aryl methyl sites for hydroxylation is 1. The first-order valence-electron chi connectivity index (χ1n) is 5.78. The molecule has 0 fully saturated rings. The highest BCUT2D eigenvalue weighted by Crippen LogP contribution is 2.09. The highest BCUT2D eigenvalue weighted by atomic mass is 32.2. The van der Waals surface area contributed by atoms with Crippen molar-refractivity contribution < 1.29 is 8.60 Å². The molecule has 96 valence electrons. The Morgan fingerprint density at radius 1 is 1.47 bits per heavy atom. The van der Waals surface area contributed by atoms with Gasteiger partial charge >= 0.3 is 0 Å². The molecule has 0 aliphatic carbocycles. The Bertz CT molecular complexity index is 395. The van der Waals surface area contributed by atoms with Crippen molar-refractivity contribution in [3.63, 3.8) is 0 Å². The number of rotatable bonds is 6. The van der Waals surface area contributed by atoms with E-state index in [-0.39, 0.29) is 11.1 Å². The highest BCUT2D eigenvalue weighted by molar-refractivity contribution is 7.84. The first-order chi connectivity index (χ1) is 8.00. The molecular formula is C13H20FNOS. The number of nitrogens with one attached hydrogen (secondary N) is 1. The Hall–Kier alpha value is -0.740. The van der Waals surface area contributed by atoms with Crippen molar-refractivity contribution in [2.45, 2.75) is 32.1 Å². The monoisotopic (exact) mass is 257 g/mol. The lowest BCUT2D eigenvalue weighted by molar-refractivity contribution is 0.610. The van der Waals surface area contributed by atoms with Crippen molar-refractivity contribution in [3.05, 3.63) is 35.1 Å². The topological polar surface area (TPSA) is 29.1 Å². The molecule has 0 spiro atoms. The highest BCUT2D eigenvalue weighted by Gasteiger charge is 2.05. The lowest BCUT2D eigenvalue weighted by Crippen LogP contribution is -2.21. The minimum absolute atomic E-state index is 0.199. The Balaban J connectivity index is 2.36. The summed E-state index contributed by atoms with van der Waals surface area (Å²) < 4.78 is 24.2. The minimum Gasteiger partial charge on any atom is -0.313 e. The van der Waals surface area contributed by atoms with Crippen LogP contribution in [0.5, 0.6) is 0 Å².